The van der Waals surface area contributed by atoms with Crippen molar-refractivity contribution in [2.45, 2.75) is 6.92 Å². The lowest BCUT2D eigenvalue weighted by atomic mass is 10.1. The van der Waals surface area contributed by atoms with E-state index in [0.717, 1.165) is 15.8 Å². The van der Waals surface area contributed by atoms with E-state index < -0.39 is 4.92 Å². The quantitative estimate of drug-likeness (QED) is 0.412. The lowest BCUT2D eigenvalue weighted by Crippen LogP contribution is -2.14. The predicted molar refractivity (Wildman–Crippen MR) is 95.3 cm³/mol. The molecule has 0 aliphatic rings. The molecule has 1 heterocycles. The Kier molecular flexibility index (Phi) is 4.46. The smallest absolute Gasteiger partial charge is 0.270 e. The first-order valence-corrected chi connectivity index (χ1v) is 8.22. The molecule has 122 valence electrons. The number of nitro groups is 1. The van der Waals surface area contributed by atoms with E-state index in [2.05, 4.69) is 10.3 Å². The molecule has 0 bridgehead atoms. The number of aryl methyl sites for hydroxylation is 1. The van der Waals surface area contributed by atoms with E-state index in [-0.39, 0.29) is 23.6 Å². The number of hydrogen-bond donors (Lipinski definition) is 1. The monoisotopic (exact) mass is 361 g/mol. The van der Waals surface area contributed by atoms with Crippen LogP contribution in [0.5, 0.6) is 0 Å². The molecule has 0 aliphatic heterocycles. The summed E-state index contributed by atoms with van der Waals surface area (Å²) in [6, 6.07) is 9.37. The normalized spacial score (nSPS) is 10.8. The number of carbonyl (C=O) groups is 1. The molecular weight excluding hydrogens is 350 g/mol. The summed E-state index contributed by atoms with van der Waals surface area (Å²) in [7, 11) is 0. The zero-order chi connectivity index (χ0) is 17.3. The first kappa shape index (κ1) is 16.4. The summed E-state index contributed by atoms with van der Waals surface area (Å²) in [5.74, 6) is -0.243. The summed E-state index contributed by atoms with van der Waals surface area (Å²) >= 11 is 7.50. The van der Waals surface area contributed by atoms with Gasteiger partial charge in [0.05, 0.1) is 21.7 Å². The highest BCUT2D eigenvalue weighted by atomic mass is 35.5. The predicted octanol–water partition coefficient (Wildman–Crippen LogP) is 4.46. The fourth-order valence-electron chi connectivity index (χ4n) is 2.23. The molecule has 0 saturated heterocycles. The Morgan fingerprint density at radius 3 is 2.92 bits per heavy atom. The summed E-state index contributed by atoms with van der Waals surface area (Å²) in [6.07, 6.45) is 0. The molecule has 24 heavy (non-hydrogen) atoms. The standard InChI is InChI=1S/C16H12ClN3O3S/c1-9-12(17)5-6-14-15(9)19-16(24-14)18-8-13(21)10-3-2-4-11(7-10)20(22)23/h2-7H,8H2,1H3,(H,18,19). The number of anilines is 1. The number of aromatic nitrogens is 1. The number of nitro benzene ring substituents is 1. The number of Topliss-reactive ketones (excluding diaryl/α,β-unsaturated/α-hetero) is 1. The van der Waals surface area contributed by atoms with Crippen LogP contribution in [0.4, 0.5) is 10.8 Å². The highest BCUT2D eigenvalue weighted by Crippen LogP contribution is 2.31. The van der Waals surface area contributed by atoms with Crippen molar-refractivity contribution in [1.29, 1.82) is 0 Å². The number of rotatable bonds is 5. The lowest BCUT2D eigenvalue weighted by Gasteiger charge is -2.02. The molecular formula is C16H12ClN3O3S. The molecule has 6 nitrogen and oxygen atoms in total. The molecule has 8 heteroatoms. The van der Waals surface area contributed by atoms with Crippen molar-refractivity contribution in [3.05, 3.63) is 62.7 Å². The van der Waals surface area contributed by atoms with E-state index >= 15 is 0 Å². The second-order valence-corrected chi connectivity index (χ2v) is 6.56. The molecule has 0 aliphatic carbocycles. The van der Waals surface area contributed by atoms with E-state index in [0.29, 0.717) is 10.2 Å². The molecule has 0 amide bonds. The Morgan fingerprint density at radius 1 is 1.38 bits per heavy atom. The number of hydrogen-bond acceptors (Lipinski definition) is 6. The van der Waals surface area contributed by atoms with Crippen LogP contribution in [0.1, 0.15) is 15.9 Å². The van der Waals surface area contributed by atoms with Crippen LogP contribution in [0.3, 0.4) is 0 Å². The molecule has 2 aromatic carbocycles. The minimum absolute atomic E-state index is 0.00771. The van der Waals surface area contributed by atoms with Gasteiger partial charge >= 0.3 is 0 Å². The number of fused-ring (bicyclic) bond motifs is 1. The summed E-state index contributed by atoms with van der Waals surface area (Å²) in [5.41, 5.74) is 1.88. The van der Waals surface area contributed by atoms with Crippen molar-refractivity contribution in [1.82, 2.24) is 4.98 Å². The van der Waals surface area contributed by atoms with E-state index in [4.69, 9.17) is 11.6 Å². The lowest BCUT2D eigenvalue weighted by molar-refractivity contribution is -0.384. The zero-order valence-electron chi connectivity index (χ0n) is 12.6. The molecule has 0 spiro atoms. The van der Waals surface area contributed by atoms with Gasteiger partial charge < -0.3 is 5.32 Å². The Morgan fingerprint density at radius 2 is 2.17 bits per heavy atom. The number of nitrogens with zero attached hydrogens (tertiary/aromatic N) is 2. The maximum Gasteiger partial charge on any atom is 0.270 e. The summed E-state index contributed by atoms with van der Waals surface area (Å²) in [4.78, 5) is 26.9. The van der Waals surface area contributed by atoms with Crippen molar-refractivity contribution in [2.24, 2.45) is 0 Å². The van der Waals surface area contributed by atoms with Crippen molar-refractivity contribution in [2.75, 3.05) is 11.9 Å². The molecule has 0 radical (unpaired) electrons. The van der Waals surface area contributed by atoms with Gasteiger partial charge in [-0.2, -0.15) is 0 Å². The number of non-ortho nitro benzene ring substituents is 1. The van der Waals surface area contributed by atoms with Gasteiger partial charge in [0.25, 0.3) is 5.69 Å². The van der Waals surface area contributed by atoms with Gasteiger partial charge in [0.1, 0.15) is 0 Å². The first-order chi connectivity index (χ1) is 11.5. The molecule has 1 aromatic heterocycles. The average Bonchev–Trinajstić information content (AvgIpc) is 3.00. The van der Waals surface area contributed by atoms with Gasteiger partial charge in [0.15, 0.2) is 10.9 Å². The fraction of sp³-hybridized carbons (Fsp3) is 0.125. The third kappa shape index (κ3) is 3.22. The summed E-state index contributed by atoms with van der Waals surface area (Å²) < 4.78 is 0.974. The maximum absolute atomic E-state index is 12.2. The maximum atomic E-state index is 12.2. The topological polar surface area (TPSA) is 85.1 Å². The highest BCUT2D eigenvalue weighted by molar-refractivity contribution is 7.22. The largest absolute Gasteiger partial charge is 0.354 e. The van der Waals surface area contributed by atoms with Crippen molar-refractivity contribution in [3.63, 3.8) is 0 Å². The SMILES string of the molecule is Cc1c(Cl)ccc2sc(NCC(=O)c3cccc([N+](=O)[O-])c3)nc12. The number of benzene rings is 2. The van der Waals surface area contributed by atoms with Crippen LogP contribution in [0.2, 0.25) is 5.02 Å². The molecule has 0 fully saturated rings. The molecule has 3 rings (SSSR count). The van der Waals surface area contributed by atoms with Gasteiger partial charge in [-0.3, -0.25) is 14.9 Å². The van der Waals surface area contributed by atoms with Gasteiger partial charge in [0.2, 0.25) is 0 Å². The number of carbonyl (C=O) groups excluding carboxylic acids is 1. The fourth-order valence-corrected chi connectivity index (χ4v) is 3.30. The minimum atomic E-state index is -0.524. The van der Waals surface area contributed by atoms with Gasteiger partial charge in [-0.25, -0.2) is 4.98 Å². The van der Waals surface area contributed by atoms with Crippen LogP contribution in [0.25, 0.3) is 10.2 Å². The van der Waals surface area contributed by atoms with Gasteiger partial charge in [-0.05, 0) is 24.6 Å². The number of nitrogens with one attached hydrogen (secondary N) is 1. The van der Waals surface area contributed by atoms with Crippen LogP contribution in [-0.4, -0.2) is 22.2 Å². The first-order valence-electron chi connectivity index (χ1n) is 7.03. The highest BCUT2D eigenvalue weighted by Gasteiger charge is 2.13. The van der Waals surface area contributed by atoms with Gasteiger partial charge in [-0.1, -0.05) is 35.1 Å². The second kappa shape index (κ2) is 6.54. The molecule has 0 unspecified atom stereocenters. The Labute approximate surface area is 146 Å². The van der Waals surface area contributed by atoms with Crippen LogP contribution in [-0.2, 0) is 0 Å². The van der Waals surface area contributed by atoms with E-state index in [1.54, 1.807) is 6.07 Å². The zero-order valence-corrected chi connectivity index (χ0v) is 14.1. The summed E-state index contributed by atoms with van der Waals surface area (Å²) in [5, 5.41) is 15.0. The van der Waals surface area contributed by atoms with Crippen molar-refractivity contribution < 1.29 is 9.72 Å². The van der Waals surface area contributed by atoms with E-state index in [1.807, 2.05) is 19.1 Å². The van der Waals surface area contributed by atoms with E-state index in [9.17, 15) is 14.9 Å². The second-order valence-electron chi connectivity index (χ2n) is 5.12. The summed E-state index contributed by atoms with van der Waals surface area (Å²) in [6.45, 7) is 1.90. The Bertz CT molecular complexity index is 955. The van der Waals surface area contributed by atoms with Gasteiger partial charge in [-0.15, -0.1) is 0 Å². The minimum Gasteiger partial charge on any atom is -0.354 e. The van der Waals surface area contributed by atoms with Crippen LogP contribution in [0.15, 0.2) is 36.4 Å². The Balaban J connectivity index is 1.76. The molecule has 0 saturated carbocycles. The molecule has 1 N–H and O–H groups in total. The van der Waals surface area contributed by atoms with Crippen LogP contribution >= 0.6 is 22.9 Å². The van der Waals surface area contributed by atoms with Crippen LogP contribution < -0.4 is 5.32 Å². The van der Waals surface area contributed by atoms with Crippen molar-refractivity contribution in [3.8, 4) is 0 Å². The van der Waals surface area contributed by atoms with E-state index in [1.165, 1.54) is 29.5 Å². The molecule has 0 atom stereocenters. The third-order valence-electron chi connectivity index (χ3n) is 3.53. The Hall–Kier alpha value is -2.51. The number of thiazole rings is 1. The number of halogens is 1. The average molecular weight is 362 g/mol. The van der Waals surface area contributed by atoms with Crippen LogP contribution in [0, 0.1) is 17.0 Å². The molecule has 3 aromatic rings. The number of ketones is 1. The van der Waals surface area contributed by atoms with Crippen molar-refractivity contribution >= 4 is 49.8 Å². The third-order valence-corrected chi connectivity index (χ3v) is 4.91. The van der Waals surface area contributed by atoms with Gasteiger partial charge in [0, 0.05) is 22.7 Å².